The van der Waals surface area contributed by atoms with Gasteiger partial charge in [0, 0.05) is 16.6 Å². The van der Waals surface area contributed by atoms with Crippen LogP contribution in [0.25, 0.3) is 10.9 Å². The third kappa shape index (κ3) is 1.41. The van der Waals surface area contributed by atoms with Crippen LogP contribution in [0.1, 0.15) is 24.1 Å². The molecular formula is C13H12INO. The lowest BCUT2D eigenvalue weighted by atomic mass is 9.94. The molecule has 0 N–H and O–H groups in total. The summed E-state index contributed by atoms with van der Waals surface area (Å²) in [5.74, 6) is 0. The van der Waals surface area contributed by atoms with Crippen LogP contribution in [0.2, 0.25) is 0 Å². The van der Waals surface area contributed by atoms with Crippen LogP contribution in [0, 0.1) is 0 Å². The molecule has 82 valence electrons. The summed E-state index contributed by atoms with van der Waals surface area (Å²) in [6.45, 7) is 0. The van der Waals surface area contributed by atoms with E-state index >= 15 is 0 Å². The van der Waals surface area contributed by atoms with Crippen molar-refractivity contribution in [3.63, 3.8) is 0 Å². The van der Waals surface area contributed by atoms with E-state index in [1.54, 1.807) is 0 Å². The number of halogens is 1. The molecule has 0 unspecified atom stereocenters. The monoisotopic (exact) mass is 325 g/mol. The third-order valence-corrected chi connectivity index (χ3v) is 4.41. The van der Waals surface area contributed by atoms with E-state index in [4.69, 9.17) is 0 Å². The molecule has 1 aliphatic carbocycles. The molecule has 0 saturated carbocycles. The maximum Gasteiger partial charge on any atom is 0.192 e. The standard InChI is InChI=1S/C13H12INO/c14-15-11-7-3-1-5-9(11)13(16)10-6-2-4-8-12(10)15/h1,3,5,7H,2,4,6,8H2. The van der Waals surface area contributed by atoms with Gasteiger partial charge in [-0.25, -0.2) is 0 Å². The van der Waals surface area contributed by atoms with Crippen LogP contribution in [0.3, 0.4) is 0 Å². The molecule has 0 aliphatic heterocycles. The van der Waals surface area contributed by atoms with E-state index in [2.05, 4.69) is 25.6 Å². The van der Waals surface area contributed by atoms with E-state index in [1.165, 1.54) is 12.1 Å². The molecule has 0 amide bonds. The number of pyridine rings is 1. The van der Waals surface area contributed by atoms with Crippen molar-refractivity contribution < 1.29 is 0 Å². The second-order valence-corrected chi connectivity index (χ2v) is 5.22. The third-order valence-electron chi connectivity index (χ3n) is 3.31. The van der Waals surface area contributed by atoms with Gasteiger partial charge in [-0.1, -0.05) is 12.1 Å². The van der Waals surface area contributed by atoms with Gasteiger partial charge in [-0.05, 0) is 37.8 Å². The molecular weight excluding hydrogens is 313 g/mol. The Hall–Kier alpha value is -0.840. The number of aromatic nitrogens is 1. The summed E-state index contributed by atoms with van der Waals surface area (Å²) in [5, 5.41) is 0.859. The molecule has 1 aromatic heterocycles. The normalized spacial score (nSPS) is 15.1. The molecule has 0 atom stereocenters. The molecule has 0 spiro atoms. The predicted octanol–water partition coefficient (Wildman–Crippen LogP) is 3.08. The minimum atomic E-state index is 0.248. The Kier molecular flexibility index (Phi) is 2.50. The molecule has 2 nitrogen and oxygen atoms in total. The molecule has 1 aromatic carbocycles. The highest BCUT2D eigenvalue weighted by Gasteiger charge is 2.18. The first-order valence-electron chi connectivity index (χ1n) is 5.60. The second-order valence-electron chi connectivity index (χ2n) is 4.26. The van der Waals surface area contributed by atoms with E-state index in [9.17, 15) is 4.79 Å². The van der Waals surface area contributed by atoms with E-state index in [-0.39, 0.29) is 5.43 Å². The zero-order valence-corrected chi connectivity index (χ0v) is 11.0. The van der Waals surface area contributed by atoms with Crippen LogP contribution in [-0.4, -0.2) is 2.78 Å². The zero-order chi connectivity index (χ0) is 11.1. The minimum Gasteiger partial charge on any atom is -0.289 e. The highest BCUT2D eigenvalue weighted by atomic mass is 127. The van der Waals surface area contributed by atoms with Crippen LogP contribution < -0.4 is 5.43 Å². The molecule has 0 fully saturated rings. The Balaban J connectivity index is 2.49. The minimum absolute atomic E-state index is 0.248. The molecule has 16 heavy (non-hydrogen) atoms. The summed E-state index contributed by atoms with van der Waals surface area (Å²) < 4.78 is 2.17. The average Bonchev–Trinajstić information content (AvgIpc) is 2.36. The summed E-state index contributed by atoms with van der Waals surface area (Å²) >= 11 is 2.32. The summed E-state index contributed by atoms with van der Waals surface area (Å²) in [4.78, 5) is 12.3. The quantitative estimate of drug-likeness (QED) is 0.683. The SMILES string of the molecule is O=c1c2c(n(I)c3ccccc13)CCCC2. The smallest absolute Gasteiger partial charge is 0.192 e. The lowest BCUT2D eigenvalue weighted by Crippen LogP contribution is -2.20. The molecule has 3 heteroatoms. The number of rotatable bonds is 0. The zero-order valence-electron chi connectivity index (χ0n) is 8.87. The Bertz CT molecular complexity index is 615. The first kappa shape index (κ1) is 10.3. The highest BCUT2D eigenvalue weighted by Crippen LogP contribution is 2.24. The van der Waals surface area contributed by atoms with Crippen molar-refractivity contribution in [3.05, 3.63) is 45.7 Å². The summed E-state index contributed by atoms with van der Waals surface area (Å²) in [6, 6.07) is 7.89. The first-order chi connectivity index (χ1) is 7.79. The number of fused-ring (bicyclic) bond motifs is 2. The van der Waals surface area contributed by atoms with Gasteiger partial charge in [-0.2, -0.15) is 0 Å². The molecule has 1 heterocycles. The van der Waals surface area contributed by atoms with Gasteiger partial charge in [-0.3, -0.25) is 7.58 Å². The summed E-state index contributed by atoms with van der Waals surface area (Å²) in [6.07, 6.45) is 4.34. The largest absolute Gasteiger partial charge is 0.289 e. The van der Waals surface area contributed by atoms with Gasteiger partial charge in [0.15, 0.2) is 5.43 Å². The van der Waals surface area contributed by atoms with Crippen molar-refractivity contribution in [3.8, 4) is 0 Å². The molecule has 2 aromatic rings. The number of nitrogens with zero attached hydrogens (tertiary/aromatic N) is 1. The number of hydrogen-bond donors (Lipinski definition) is 0. The Morgan fingerprint density at radius 1 is 1.12 bits per heavy atom. The van der Waals surface area contributed by atoms with Crippen LogP contribution >= 0.6 is 22.9 Å². The molecule has 1 aliphatic rings. The first-order valence-corrected chi connectivity index (χ1v) is 6.57. The van der Waals surface area contributed by atoms with Gasteiger partial charge in [0.2, 0.25) is 0 Å². The van der Waals surface area contributed by atoms with Crippen molar-refractivity contribution in [2.75, 3.05) is 0 Å². The van der Waals surface area contributed by atoms with Gasteiger partial charge < -0.3 is 0 Å². The number of para-hydroxylation sites is 1. The fourth-order valence-corrected chi connectivity index (χ4v) is 3.45. The lowest BCUT2D eigenvalue weighted by molar-refractivity contribution is 0.665. The van der Waals surface area contributed by atoms with E-state index in [1.807, 2.05) is 24.3 Å². The van der Waals surface area contributed by atoms with Gasteiger partial charge in [0.05, 0.1) is 28.4 Å². The van der Waals surface area contributed by atoms with Crippen molar-refractivity contribution in [1.29, 1.82) is 0 Å². The fraction of sp³-hybridized carbons (Fsp3) is 0.308. The molecule has 3 rings (SSSR count). The fourth-order valence-electron chi connectivity index (χ4n) is 2.50. The van der Waals surface area contributed by atoms with Crippen molar-refractivity contribution in [2.45, 2.75) is 25.7 Å². The number of benzene rings is 1. The van der Waals surface area contributed by atoms with Crippen molar-refractivity contribution in [2.24, 2.45) is 0 Å². The average molecular weight is 325 g/mol. The van der Waals surface area contributed by atoms with Crippen LogP contribution in [-0.2, 0) is 12.8 Å². The van der Waals surface area contributed by atoms with Crippen molar-refractivity contribution >= 4 is 33.8 Å². The van der Waals surface area contributed by atoms with E-state index in [0.29, 0.717) is 0 Å². The molecule has 0 saturated heterocycles. The van der Waals surface area contributed by atoms with Crippen LogP contribution in [0.5, 0.6) is 0 Å². The van der Waals surface area contributed by atoms with Gasteiger partial charge in [0.1, 0.15) is 0 Å². The molecule has 0 bridgehead atoms. The van der Waals surface area contributed by atoms with Crippen LogP contribution in [0.15, 0.2) is 29.1 Å². The Morgan fingerprint density at radius 2 is 1.88 bits per heavy atom. The second kappa shape index (κ2) is 3.87. The maximum atomic E-state index is 12.3. The maximum absolute atomic E-state index is 12.3. The lowest BCUT2D eigenvalue weighted by Gasteiger charge is -2.19. The van der Waals surface area contributed by atoms with Crippen LogP contribution in [0.4, 0.5) is 0 Å². The predicted molar refractivity (Wildman–Crippen MR) is 74.3 cm³/mol. The van der Waals surface area contributed by atoms with Gasteiger partial charge >= 0.3 is 0 Å². The van der Waals surface area contributed by atoms with E-state index in [0.717, 1.165) is 35.7 Å². The number of hydrogen-bond acceptors (Lipinski definition) is 1. The topological polar surface area (TPSA) is 22.0 Å². The Morgan fingerprint density at radius 3 is 2.75 bits per heavy atom. The van der Waals surface area contributed by atoms with Crippen molar-refractivity contribution in [1.82, 2.24) is 2.78 Å². The summed E-state index contributed by atoms with van der Waals surface area (Å²) in [7, 11) is 0. The van der Waals surface area contributed by atoms with E-state index < -0.39 is 0 Å². The molecule has 0 radical (unpaired) electrons. The van der Waals surface area contributed by atoms with Gasteiger partial charge in [-0.15, -0.1) is 0 Å². The summed E-state index contributed by atoms with van der Waals surface area (Å²) in [5.41, 5.74) is 3.57. The van der Waals surface area contributed by atoms with Gasteiger partial charge in [0.25, 0.3) is 0 Å². The Labute approximate surface area is 108 Å². The highest BCUT2D eigenvalue weighted by molar-refractivity contribution is 14.1.